The molecule has 0 fully saturated rings. The second-order valence-electron chi connectivity index (χ2n) is 8.08. The fraction of sp³-hybridized carbons (Fsp3) is 0.419. The zero-order chi connectivity index (χ0) is 27.9. The standard InChI is InChI=1S/C25H32BClO2.2C2H6.C2H4/c1-9-13-20-18(11-3)17(10-2)19(12-4)22-15-24(27)23(14-21(20)22)26(28)29-25(7,8)16(5)6;3*1-2/h9-16,28H,3H2,1-2,4-8H3;2*1-2H3;1-2H2/b13-9-,17-10-,19-12+;;;. The fourth-order valence-corrected chi connectivity index (χ4v) is 3.74. The third-order valence-electron chi connectivity index (χ3n) is 5.77. The Balaban J connectivity index is 0. The first-order valence-corrected chi connectivity index (χ1v) is 13.0. The van der Waals surface area contributed by atoms with Gasteiger partial charge >= 0.3 is 7.12 Å². The topological polar surface area (TPSA) is 29.5 Å². The lowest BCUT2D eigenvalue weighted by atomic mass is 9.75. The monoisotopic (exact) mass is 498 g/mol. The van der Waals surface area contributed by atoms with Crippen molar-refractivity contribution >= 4 is 59.3 Å². The molecule has 35 heavy (non-hydrogen) atoms. The average molecular weight is 499 g/mol. The molecule has 194 valence electrons. The van der Waals surface area contributed by atoms with E-state index in [1.165, 1.54) is 0 Å². The van der Waals surface area contributed by atoms with Gasteiger partial charge in [0.25, 0.3) is 0 Å². The minimum Gasteiger partial charge on any atom is -0.423 e. The van der Waals surface area contributed by atoms with Crippen LogP contribution in [0.25, 0.3) is 35.1 Å². The fourth-order valence-electron chi connectivity index (χ4n) is 3.48. The maximum atomic E-state index is 10.9. The number of benzene rings is 2. The first-order valence-electron chi connectivity index (χ1n) is 12.7. The minimum atomic E-state index is -1.11. The molecule has 1 N–H and O–H groups in total. The number of halogens is 1. The highest BCUT2D eigenvalue weighted by atomic mass is 35.5. The Kier molecular flexibility index (Phi) is 17.4. The highest BCUT2D eigenvalue weighted by Gasteiger charge is 2.32. The molecule has 0 radical (unpaired) electrons. The van der Waals surface area contributed by atoms with Crippen LogP contribution in [0.1, 0.15) is 87.3 Å². The summed E-state index contributed by atoms with van der Waals surface area (Å²) >= 11 is 6.63. The summed E-state index contributed by atoms with van der Waals surface area (Å²) in [6.45, 7) is 32.2. The summed E-state index contributed by atoms with van der Waals surface area (Å²) in [6.07, 6.45) is 10.2. The van der Waals surface area contributed by atoms with E-state index in [-0.39, 0.29) is 5.92 Å². The van der Waals surface area contributed by atoms with E-state index in [0.29, 0.717) is 10.5 Å². The predicted molar refractivity (Wildman–Crippen MR) is 165 cm³/mol. The van der Waals surface area contributed by atoms with Crippen LogP contribution in [-0.2, 0) is 4.65 Å². The number of hydrogen-bond acceptors (Lipinski definition) is 2. The zero-order valence-corrected chi connectivity index (χ0v) is 24.8. The lowest BCUT2D eigenvalue weighted by Crippen LogP contribution is -2.45. The summed E-state index contributed by atoms with van der Waals surface area (Å²) in [6, 6.07) is 3.89. The molecule has 2 nitrogen and oxygen atoms in total. The van der Waals surface area contributed by atoms with Crippen LogP contribution < -0.4 is 15.9 Å². The summed E-state index contributed by atoms with van der Waals surface area (Å²) in [5, 5.41) is 15.7. The summed E-state index contributed by atoms with van der Waals surface area (Å²) in [5.74, 6) is 0.242. The van der Waals surface area contributed by atoms with Gasteiger partial charge in [0.1, 0.15) is 0 Å². The largest absolute Gasteiger partial charge is 0.493 e. The van der Waals surface area contributed by atoms with Crippen molar-refractivity contribution in [2.45, 2.75) is 81.8 Å². The number of hydrogen-bond donors (Lipinski definition) is 1. The van der Waals surface area contributed by atoms with Crippen molar-refractivity contribution in [1.29, 1.82) is 0 Å². The summed E-state index contributed by atoms with van der Waals surface area (Å²) in [5.41, 5.74) is 2.21. The first-order chi connectivity index (χ1) is 16.6. The Bertz CT molecular complexity index is 1080. The average Bonchev–Trinajstić information content (AvgIpc) is 2.86. The van der Waals surface area contributed by atoms with Crippen molar-refractivity contribution in [1.82, 2.24) is 0 Å². The molecule has 0 amide bonds. The Hall–Kier alpha value is -2.07. The van der Waals surface area contributed by atoms with Crippen LogP contribution in [0.3, 0.4) is 0 Å². The van der Waals surface area contributed by atoms with Crippen LogP contribution in [0.2, 0.25) is 5.02 Å². The predicted octanol–water partition coefficient (Wildman–Crippen LogP) is 7.76. The number of allylic oxidation sites excluding steroid dienone is 1. The second-order valence-corrected chi connectivity index (χ2v) is 8.49. The first kappa shape index (κ1) is 35.1. The molecule has 0 saturated heterocycles. The Morgan fingerprint density at radius 2 is 1.46 bits per heavy atom. The Labute approximate surface area is 220 Å². The SMILES string of the molecule is C=C.C=Cc1c(/C=C\C)c2cc(B(O)OC(C)(C)C(C)C)c(Cl)cc2c(=C/C)/c1=C\C.CC.CC. The Morgan fingerprint density at radius 3 is 1.86 bits per heavy atom. The quantitative estimate of drug-likeness (QED) is 0.325. The molecule has 2 aromatic carbocycles. The van der Waals surface area contributed by atoms with Gasteiger partial charge in [-0.3, -0.25) is 0 Å². The third kappa shape index (κ3) is 8.53. The Morgan fingerprint density at radius 1 is 0.943 bits per heavy atom. The van der Waals surface area contributed by atoms with Crippen molar-refractivity contribution in [3.8, 4) is 0 Å². The number of fused-ring (bicyclic) bond motifs is 1. The molecule has 0 saturated carbocycles. The lowest BCUT2D eigenvalue weighted by Gasteiger charge is -2.31. The highest BCUT2D eigenvalue weighted by molar-refractivity contribution is 6.64. The van der Waals surface area contributed by atoms with Crippen molar-refractivity contribution in [2.75, 3.05) is 0 Å². The minimum absolute atomic E-state index is 0.242. The van der Waals surface area contributed by atoms with Gasteiger partial charge in [0.15, 0.2) is 0 Å². The summed E-state index contributed by atoms with van der Waals surface area (Å²) in [4.78, 5) is 0. The molecule has 4 heteroatoms. The van der Waals surface area contributed by atoms with E-state index >= 15 is 0 Å². The zero-order valence-electron chi connectivity index (χ0n) is 24.1. The van der Waals surface area contributed by atoms with Gasteiger partial charge < -0.3 is 9.68 Å². The van der Waals surface area contributed by atoms with Gasteiger partial charge in [0.05, 0.1) is 5.60 Å². The molecule has 0 aromatic heterocycles. The second kappa shape index (κ2) is 17.4. The molecule has 0 aliphatic carbocycles. The van der Waals surface area contributed by atoms with Gasteiger partial charge in [-0.25, -0.2) is 0 Å². The molecule has 0 heterocycles. The normalized spacial score (nSPS) is 11.9. The molecule has 0 aliphatic rings. The van der Waals surface area contributed by atoms with Crippen LogP contribution in [0, 0.1) is 5.92 Å². The van der Waals surface area contributed by atoms with Crippen LogP contribution in [0.4, 0.5) is 0 Å². The maximum absolute atomic E-state index is 10.9. The summed E-state index contributed by atoms with van der Waals surface area (Å²) < 4.78 is 5.99. The molecule has 0 bridgehead atoms. The van der Waals surface area contributed by atoms with Gasteiger partial charge in [0.2, 0.25) is 0 Å². The lowest BCUT2D eigenvalue weighted by molar-refractivity contribution is 0.0424. The molecule has 2 rings (SSSR count). The number of rotatable bonds is 6. The van der Waals surface area contributed by atoms with Crippen molar-refractivity contribution in [2.24, 2.45) is 5.92 Å². The molecule has 0 atom stereocenters. The van der Waals surface area contributed by atoms with Crippen LogP contribution in [0.15, 0.2) is 37.9 Å². The van der Waals surface area contributed by atoms with E-state index in [1.807, 2.05) is 86.6 Å². The highest BCUT2D eigenvalue weighted by Crippen LogP contribution is 2.25. The van der Waals surface area contributed by atoms with Crippen molar-refractivity contribution in [3.63, 3.8) is 0 Å². The van der Waals surface area contributed by atoms with E-state index in [4.69, 9.17) is 16.3 Å². The maximum Gasteiger partial charge on any atom is 0.493 e. The molecule has 0 unspecified atom stereocenters. The van der Waals surface area contributed by atoms with Gasteiger partial charge in [-0.1, -0.05) is 96.2 Å². The van der Waals surface area contributed by atoms with Gasteiger partial charge in [-0.05, 0) is 78.9 Å². The van der Waals surface area contributed by atoms with E-state index < -0.39 is 12.7 Å². The van der Waals surface area contributed by atoms with E-state index in [0.717, 1.165) is 32.3 Å². The molecular formula is C31H48BClO2. The smallest absolute Gasteiger partial charge is 0.423 e. The summed E-state index contributed by atoms with van der Waals surface area (Å²) in [7, 11) is -1.11. The third-order valence-corrected chi connectivity index (χ3v) is 6.10. The van der Waals surface area contributed by atoms with Gasteiger partial charge in [-0.15, -0.1) is 13.2 Å². The van der Waals surface area contributed by atoms with Crippen molar-refractivity contribution < 1.29 is 9.68 Å². The molecule has 0 spiro atoms. The van der Waals surface area contributed by atoms with Crippen LogP contribution >= 0.6 is 11.6 Å². The van der Waals surface area contributed by atoms with Crippen LogP contribution in [0.5, 0.6) is 0 Å². The van der Waals surface area contributed by atoms with Gasteiger partial charge in [-0.2, -0.15) is 0 Å². The van der Waals surface area contributed by atoms with E-state index in [9.17, 15) is 5.02 Å². The van der Waals surface area contributed by atoms with E-state index in [1.54, 1.807) is 0 Å². The van der Waals surface area contributed by atoms with E-state index in [2.05, 4.69) is 51.8 Å². The van der Waals surface area contributed by atoms with Crippen LogP contribution in [-0.4, -0.2) is 17.7 Å². The molecule has 0 aliphatic heterocycles. The van der Waals surface area contributed by atoms with Gasteiger partial charge in [0, 0.05) is 10.5 Å². The van der Waals surface area contributed by atoms with Crippen molar-refractivity contribution in [3.05, 3.63) is 64.5 Å². The molecular weight excluding hydrogens is 451 g/mol. The molecule has 2 aromatic rings.